The number of nitrogens with one attached hydrogen (secondary N) is 1. The number of anilines is 3. The van der Waals surface area contributed by atoms with Crippen LogP contribution in [0.25, 0.3) is 22.1 Å². The number of halogens is 1. The summed E-state index contributed by atoms with van der Waals surface area (Å²) in [5.41, 5.74) is 3.51. The summed E-state index contributed by atoms with van der Waals surface area (Å²) in [5.74, 6) is 1.56. The fraction of sp³-hybridized carbons (Fsp3) is 0.233. The maximum absolute atomic E-state index is 15.6. The number of fused-ring (bicyclic) bond motifs is 2. The molecule has 1 atom stereocenters. The van der Waals surface area contributed by atoms with Crippen molar-refractivity contribution in [3.63, 3.8) is 0 Å². The van der Waals surface area contributed by atoms with Crippen molar-refractivity contribution >= 4 is 45.3 Å². The van der Waals surface area contributed by atoms with E-state index in [0.717, 1.165) is 16.9 Å². The van der Waals surface area contributed by atoms with E-state index < -0.39 is 5.82 Å². The number of amides is 1. The standard InChI is InChI=1S/C30H29FN8O2/c1-5-27(40)39-13-12-38(15-18(39)2)26-11-8-22-29(36-26)30(33-16-32-22)35-21-7-10-25(19(3)28(21)31)41-20-6-9-24-23(14-20)34-17-37(24)4/h5-11,14,16-18H,1,12-13,15H2,2-4H3,(H,32,33,35)/t18-/m1/s1. The molecule has 5 aromatic rings. The van der Waals surface area contributed by atoms with Crippen molar-refractivity contribution in [1.82, 2.24) is 29.4 Å². The van der Waals surface area contributed by atoms with Crippen molar-refractivity contribution in [2.24, 2.45) is 7.05 Å². The fourth-order valence-electron chi connectivity index (χ4n) is 5.12. The molecular weight excluding hydrogens is 523 g/mol. The quantitative estimate of drug-likeness (QED) is 0.290. The highest BCUT2D eigenvalue weighted by Gasteiger charge is 2.27. The predicted molar refractivity (Wildman–Crippen MR) is 156 cm³/mol. The molecule has 1 aliphatic heterocycles. The number of hydrogen-bond donors (Lipinski definition) is 1. The van der Waals surface area contributed by atoms with E-state index >= 15 is 4.39 Å². The van der Waals surface area contributed by atoms with Crippen LogP contribution in [0.15, 0.2) is 67.8 Å². The van der Waals surface area contributed by atoms with Gasteiger partial charge in [0.2, 0.25) is 5.91 Å². The molecule has 0 aliphatic carbocycles. The summed E-state index contributed by atoms with van der Waals surface area (Å²) in [5, 5.41) is 3.10. The average Bonchev–Trinajstić information content (AvgIpc) is 3.36. The number of nitrogens with zero attached hydrogens (tertiary/aromatic N) is 7. The highest BCUT2D eigenvalue weighted by atomic mass is 19.1. The maximum Gasteiger partial charge on any atom is 0.246 e. The smallest absolute Gasteiger partial charge is 0.246 e. The number of carbonyl (C=O) groups excluding carboxylic acids is 1. The van der Waals surface area contributed by atoms with Crippen molar-refractivity contribution < 1.29 is 13.9 Å². The molecule has 1 fully saturated rings. The van der Waals surface area contributed by atoms with Gasteiger partial charge < -0.3 is 24.4 Å². The minimum absolute atomic E-state index is 0.0000379. The van der Waals surface area contributed by atoms with Crippen molar-refractivity contribution in [3.8, 4) is 11.5 Å². The van der Waals surface area contributed by atoms with Crippen LogP contribution in [0.4, 0.5) is 21.7 Å². The normalized spacial score (nSPS) is 15.4. The Labute approximate surface area is 236 Å². The van der Waals surface area contributed by atoms with Crippen LogP contribution in [-0.4, -0.2) is 61.0 Å². The van der Waals surface area contributed by atoms with Crippen molar-refractivity contribution in [2.45, 2.75) is 19.9 Å². The van der Waals surface area contributed by atoms with Gasteiger partial charge in [0.15, 0.2) is 11.6 Å². The van der Waals surface area contributed by atoms with E-state index in [0.29, 0.717) is 53.5 Å². The Kier molecular flexibility index (Phi) is 6.70. The van der Waals surface area contributed by atoms with Crippen LogP contribution in [-0.2, 0) is 11.8 Å². The molecule has 0 saturated carbocycles. The molecule has 0 spiro atoms. The summed E-state index contributed by atoms with van der Waals surface area (Å²) in [6.07, 6.45) is 4.50. The Morgan fingerprint density at radius 1 is 1.12 bits per heavy atom. The maximum atomic E-state index is 15.6. The zero-order chi connectivity index (χ0) is 28.7. The number of pyridine rings is 1. The number of piperazine rings is 1. The zero-order valence-electron chi connectivity index (χ0n) is 23.0. The monoisotopic (exact) mass is 552 g/mol. The van der Waals surface area contributed by atoms with Crippen LogP contribution in [0.3, 0.4) is 0 Å². The minimum Gasteiger partial charge on any atom is -0.457 e. The second kappa shape index (κ2) is 10.5. The Hall–Kier alpha value is -5.06. The first kappa shape index (κ1) is 26.2. The van der Waals surface area contributed by atoms with Gasteiger partial charge >= 0.3 is 0 Å². The lowest BCUT2D eigenvalue weighted by molar-refractivity contribution is -0.128. The average molecular weight is 553 g/mol. The minimum atomic E-state index is -0.457. The highest BCUT2D eigenvalue weighted by molar-refractivity contribution is 5.89. The molecule has 6 rings (SSSR count). The number of imidazole rings is 1. The van der Waals surface area contributed by atoms with Crippen LogP contribution < -0.4 is 15.0 Å². The molecule has 0 unspecified atom stereocenters. The summed E-state index contributed by atoms with van der Waals surface area (Å²) in [6, 6.07) is 12.7. The first-order chi connectivity index (χ1) is 19.8. The van der Waals surface area contributed by atoms with Gasteiger partial charge in [-0.25, -0.2) is 24.3 Å². The lowest BCUT2D eigenvalue weighted by Gasteiger charge is -2.40. The van der Waals surface area contributed by atoms with Crippen LogP contribution in [0.2, 0.25) is 0 Å². The second-order valence-electron chi connectivity index (χ2n) is 10.1. The molecule has 3 aromatic heterocycles. The number of rotatable bonds is 6. The Morgan fingerprint density at radius 3 is 2.78 bits per heavy atom. The Morgan fingerprint density at radius 2 is 1.98 bits per heavy atom. The van der Waals surface area contributed by atoms with E-state index in [-0.39, 0.29) is 17.6 Å². The molecule has 1 aliphatic rings. The second-order valence-corrected chi connectivity index (χ2v) is 10.1. The van der Waals surface area contributed by atoms with E-state index in [9.17, 15) is 4.79 Å². The van der Waals surface area contributed by atoms with Crippen molar-refractivity contribution in [3.05, 3.63) is 79.2 Å². The van der Waals surface area contributed by atoms with Gasteiger partial charge in [-0.05, 0) is 56.3 Å². The Balaban J connectivity index is 1.25. The van der Waals surface area contributed by atoms with E-state index in [1.165, 1.54) is 12.4 Å². The largest absolute Gasteiger partial charge is 0.457 e. The summed E-state index contributed by atoms with van der Waals surface area (Å²) >= 11 is 0. The van der Waals surface area contributed by atoms with Gasteiger partial charge in [0, 0.05) is 44.4 Å². The van der Waals surface area contributed by atoms with Gasteiger partial charge in [-0.3, -0.25) is 4.79 Å². The van der Waals surface area contributed by atoms with E-state index in [4.69, 9.17) is 9.72 Å². The summed E-state index contributed by atoms with van der Waals surface area (Å²) < 4.78 is 23.5. The molecular formula is C30H29FN8O2. The van der Waals surface area contributed by atoms with E-state index in [1.54, 1.807) is 30.3 Å². The molecule has 1 N–H and O–H groups in total. The van der Waals surface area contributed by atoms with Crippen molar-refractivity contribution in [2.75, 3.05) is 29.9 Å². The SMILES string of the molecule is C=CC(=O)N1CCN(c2ccc3ncnc(Nc4ccc(Oc5ccc6c(c5)ncn6C)c(C)c4F)c3n2)C[C@H]1C. The van der Waals surface area contributed by atoms with Crippen LogP contribution in [0.1, 0.15) is 12.5 Å². The molecule has 0 radical (unpaired) electrons. The van der Waals surface area contributed by atoms with Gasteiger partial charge in [0.25, 0.3) is 0 Å². The van der Waals surface area contributed by atoms with E-state index in [2.05, 4.69) is 31.7 Å². The third-order valence-electron chi connectivity index (χ3n) is 7.39. The number of benzene rings is 2. The molecule has 41 heavy (non-hydrogen) atoms. The first-order valence-corrected chi connectivity index (χ1v) is 13.3. The molecule has 208 valence electrons. The van der Waals surface area contributed by atoms with Gasteiger partial charge in [0.1, 0.15) is 29.2 Å². The molecule has 10 nitrogen and oxygen atoms in total. The molecule has 1 saturated heterocycles. The molecule has 4 heterocycles. The lowest BCUT2D eigenvalue weighted by Crippen LogP contribution is -2.53. The number of ether oxygens (including phenoxy) is 1. The summed E-state index contributed by atoms with van der Waals surface area (Å²) in [7, 11) is 1.92. The van der Waals surface area contributed by atoms with Crippen LogP contribution >= 0.6 is 0 Å². The fourth-order valence-corrected chi connectivity index (χ4v) is 5.12. The lowest BCUT2D eigenvalue weighted by atomic mass is 10.1. The molecule has 2 aromatic carbocycles. The highest BCUT2D eigenvalue weighted by Crippen LogP contribution is 2.34. The first-order valence-electron chi connectivity index (χ1n) is 13.3. The Bertz CT molecular complexity index is 1800. The van der Waals surface area contributed by atoms with Gasteiger partial charge in [0.05, 0.1) is 28.6 Å². The summed E-state index contributed by atoms with van der Waals surface area (Å²) in [4.78, 5) is 33.9. The van der Waals surface area contributed by atoms with Crippen LogP contribution in [0.5, 0.6) is 11.5 Å². The van der Waals surface area contributed by atoms with Gasteiger partial charge in [-0.1, -0.05) is 6.58 Å². The third kappa shape index (κ3) is 4.90. The summed E-state index contributed by atoms with van der Waals surface area (Å²) in [6.45, 7) is 9.08. The number of carbonyl (C=O) groups is 1. The third-order valence-corrected chi connectivity index (χ3v) is 7.39. The number of hydrogen-bond acceptors (Lipinski definition) is 8. The van der Waals surface area contributed by atoms with Gasteiger partial charge in [-0.2, -0.15) is 0 Å². The topological polar surface area (TPSA) is 101 Å². The zero-order valence-corrected chi connectivity index (χ0v) is 23.0. The van der Waals surface area contributed by atoms with E-state index in [1.807, 2.05) is 48.9 Å². The van der Waals surface area contributed by atoms with Crippen LogP contribution in [0, 0.1) is 12.7 Å². The predicted octanol–water partition coefficient (Wildman–Crippen LogP) is 5.12. The molecule has 1 amide bonds. The molecule has 11 heteroatoms. The van der Waals surface area contributed by atoms with Gasteiger partial charge in [-0.15, -0.1) is 0 Å². The number of aryl methyl sites for hydroxylation is 1. The molecule has 0 bridgehead atoms. The number of aromatic nitrogens is 5. The van der Waals surface area contributed by atoms with Crippen molar-refractivity contribution in [1.29, 1.82) is 0 Å².